The number of carbonyl (C=O) groups is 1. The largest absolute Gasteiger partial charge is 0.493 e. The molecule has 0 saturated carbocycles. The van der Waals surface area contributed by atoms with Crippen LogP contribution >= 0.6 is 0 Å². The SMILES string of the molecule is COc1cc(C(=O)c2cn(-c3ccncc3)cc2-c2ccccc2)cc(OC)c1OC. The smallest absolute Gasteiger partial charge is 0.203 e. The van der Waals surface area contributed by atoms with E-state index in [9.17, 15) is 4.79 Å². The Balaban J connectivity index is 1.87. The average Bonchev–Trinajstić information content (AvgIpc) is 3.29. The molecule has 0 unspecified atom stereocenters. The highest BCUT2D eigenvalue weighted by Crippen LogP contribution is 2.39. The van der Waals surface area contributed by atoms with Crippen molar-refractivity contribution in [1.82, 2.24) is 9.55 Å². The molecule has 156 valence electrons. The fourth-order valence-corrected chi connectivity index (χ4v) is 3.52. The number of aromatic nitrogens is 2. The predicted octanol–water partition coefficient (Wildman–Crippen LogP) is 4.80. The third-order valence-electron chi connectivity index (χ3n) is 5.04. The van der Waals surface area contributed by atoms with Crippen LogP contribution < -0.4 is 14.2 Å². The number of rotatable bonds is 7. The molecule has 0 amide bonds. The molecule has 0 aliphatic heterocycles. The second-order valence-corrected chi connectivity index (χ2v) is 6.81. The second-order valence-electron chi connectivity index (χ2n) is 6.81. The first kappa shape index (κ1) is 20.2. The van der Waals surface area contributed by atoms with Crippen molar-refractivity contribution in [3.63, 3.8) is 0 Å². The van der Waals surface area contributed by atoms with E-state index in [2.05, 4.69) is 4.98 Å². The van der Waals surface area contributed by atoms with Gasteiger partial charge in [0.15, 0.2) is 17.3 Å². The molecule has 4 aromatic rings. The summed E-state index contributed by atoms with van der Waals surface area (Å²) in [4.78, 5) is 17.7. The molecule has 0 atom stereocenters. The molecule has 0 N–H and O–H groups in total. The van der Waals surface area contributed by atoms with Crippen LogP contribution in [-0.2, 0) is 0 Å². The van der Waals surface area contributed by atoms with Crippen molar-refractivity contribution in [3.8, 4) is 34.1 Å². The van der Waals surface area contributed by atoms with E-state index in [1.165, 1.54) is 21.3 Å². The van der Waals surface area contributed by atoms with Crippen LogP contribution in [0.15, 0.2) is 79.4 Å². The van der Waals surface area contributed by atoms with Crippen molar-refractivity contribution >= 4 is 5.78 Å². The van der Waals surface area contributed by atoms with Gasteiger partial charge < -0.3 is 18.8 Å². The fourth-order valence-electron chi connectivity index (χ4n) is 3.52. The van der Waals surface area contributed by atoms with E-state index in [1.807, 2.05) is 59.4 Å². The van der Waals surface area contributed by atoms with Gasteiger partial charge in [-0.15, -0.1) is 0 Å². The zero-order valence-electron chi connectivity index (χ0n) is 17.5. The van der Waals surface area contributed by atoms with Gasteiger partial charge in [-0.2, -0.15) is 0 Å². The summed E-state index contributed by atoms with van der Waals surface area (Å²) in [5.41, 5.74) is 3.70. The molecule has 31 heavy (non-hydrogen) atoms. The summed E-state index contributed by atoms with van der Waals surface area (Å²) in [5.74, 6) is 1.16. The van der Waals surface area contributed by atoms with E-state index in [-0.39, 0.29) is 5.78 Å². The number of benzene rings is 2. The highest BCUT2D eigenvalue weighted by atomic mass is 16.5. The van der Waals surface area contributed by atoms with Crippen molar-refractivity contribution in [2.75, 3.05) is 21.3 Å². The first-order chi connectivity index (χ1) is 15.2. The van der Waals surface area contributed by atoms with Gasteiger partial charge >= 0.3 is 0 Å². The van der Waals surface area contributed by atoms with Gasteiger partial charge in [0, 0.05) is 47.2 Å². The lowest BCUT2D eigenvalue weighted by atomic mass is 9.97. The lowest BCUT2D eigenvalue weighted by Gasteiger charge is -2.14. The Morgan fingerprint density at radius 3 is 2.06 bits per heavy atom. The monoisotopic (exact) mass is 414 g/mol. The molecule has 0 aliphatic carbocycles. The minimum Gasteiger partial charge on any atom is -0.493 e. The topological polar surface area (TPSA) is 62.6 Å². The van der Waals surface area contributed by atoms with Crippen molar-refractivity contribution in [2.24, 2.45) is 0 Å². The molecule has 6 heteroatoms. The van der Waals surface area contributed by atoms with Gasteiger partial charge in [0.05, 0.1) is 21.3 Å². The van der Waals surface area contributed by atoms with E-state index in [0.717, 1.165) is 16.8 Å². The highest BCUT2D eigenvalue weighted by molar-refractivity contribution is 6.13. The number of carbonyl (C=O) groups excluding carboxylic acids is 1. The van der Waals surface area contributed by atoms with Gasteiger partial charge in [-0.3, -0.25) is 9.78 Å². The Bertz CT molecular complexity index is 1180. The number of methoxy groups -OCH3 is 3. The maximum atomic E-state index is 13.6. The van der Waals surface area contributed by atoms with E-state index in [1.54, 1.807) is 24.5 Å². The van der Waals surface area contributed by atoms with Crippen molar-refractivity contribution < 1.29 is 19.0 Å². The molecule has 2 aromatic heterocycles. The van der Waals surface area contributed by atoms with Gasteiger partial charge in [-0.25, -0.2) is 0 Å². The van der Waals surface area contributed by atoms with Crippen LogP contribution in [0.25, 0.3) is 16.8 Å². The molecule has 0 aliphatic rings. The Hall–Kier alpha value is -4.06. The summed E-state index contributed by atoms with van der Waals surface area (Å²) in [6.07, 6.45) is 7.23. The highest BCUT2D eigenvalue weighted by Gasteiger charge is 2.22. The number of nitrogens with zero attached hydrogens (tertiary/aromatic N) is 2. The summed E-state index contributed by atoms with van der Waals surface area (Å²) in [7, 11) is 4.59. The Kier molecular flexibility index (Phi) is 5.71. The standard InChI is InChI=1S/C25H22N2O4/c1-29-22-13-18(14-23(30-2)25(22)31-3)24(28)21-16-27(19-9-11-26-12-10-19)15-20(21)17-7-5-4-6-8-17/h4-16H,1-3H3. The first-order valence-electron chi connectivity index (χ1n) is 9.68. The van der Waals surface area contributed by atoms with Gasteiger partial charge in [0.1, 0.15) is 0 Å². The normalized spacial score (nSPS) is 10.5. The summed E-state index contributed by atoms with van der Waals surface area (Å²) < 4.78 is 18.2. The molecule has 6 nitrogen and oxygen atoms in total. The number of hydrogen-bond donors (Lipinski definition) is 0. The van der Waals surface area contributed by atoms with Crippen molar-refractivity contribution in [3.05, 3.63) is 90.5 Å². The van der Waals surface area contributed by atoms with Crippen molar-refractivity contribution in [2.45, 2.75) is 0 Å². The van der Waals surface area contributed by atoms with Gasteiger partial charge in [0.2, 0.25) is 5.75 Å². The minimum atomic E-state index is -0.147. The fraction of sp³-hybridized carbons (Fsp3) is 0.120. The molecular formula is C25H22N2O4. The van der Waals surface area contributed by atoms with Crippen LogP contribution in [0.1, 0.15) is 15.9 Å². The average molecular weight is 414 g/mol. The third kappa shape index (κ3) is 3.88. The zero-order valence-corrected chi connectivity index (χ0v) is 17.5. The molecule has 0 fully saturated rings. The van der Waals surface area contributed by atoms with E-state index >= 15 is 0 Å². The van der Waals surface area contributed by atoms with Crippen LogP contribution in [0.4, 0.5) is 0 Å². The summed E-state index contributed by atoms with van der Waals surface area (Å²) in [6, 6.07) is 16.9. The van der Waals surface area contributed by atoms with E-state index in [0.29, 0.717) is 28.4 Å². The van der Waals surface area contributed by atoms with Crippen LogP contribution in [0.2, 0.25) is 0 Å². The zero-order chi connectivity index (χ0) is 21.8. The molecular weight excluding hydrogens is 392 g/mol. The minimum absolute atomic E-state index is 0.147. The van der Waals surface area contributed by atoms with Crippen LogP contribution in [-0.4, -0.2) is 36.7 Å². The molecule has 0 bridgehead atoms. The van der Waals surface area contributed by atoms with E-state index in [4.69, 9.17) is 14.2 Å². The number of hydrogen-bond acceptors (Lipinski definition) is 5. The first-order valence-corrected chi connectivity index (χ1v) is 9.68. The summed E-state index contributed by atoms with van der Waals surface area (Å²) in [6.45, 7) is 0. The Morgan fingerprint density at radius 1 is 0.839 bits per heavy atom. The lowest BCUT2D eigenvalue weighted by molar-refractivity contribution is 0.103. The summed E-state index contributed by atoms with van der Waals surface area (Å²) in [5, 5.41) is 0. The molecule has 2 aromatic carbocycles. The molecule has 2 heterocycles. The van der Waals surface area contributed by atoms with E-state index < -0.39 is 0 Å². The van der Waals surface area contributed by atoms with Gasteiger partial charge in [0.25, 0.3) is 0 Å². The maximum absolute atomic E-state index is 13.6. The third-order valence-corrected chi connectivity index (χ3v) is 5.04. The predicted molar refractivity (Wildman–Crippen MR) is 119 cm³/mol. The second kappa shape index (κ2) is 8.75. The van der Waals surface area contributed by atoms with Crippen LogP contribution in [0, 0.1) is 0 Å². The number of pyridine rings is 1. The Labute approximate surface area is 180 Å². The van der Waals surface area contributed by atoms with Crippen LogP contribution in [0.3, 0.4) is 0 Å². The molecule has 0 radical (unpaired) electrons. The lowest BCUT2D eigenvalue weighted by Crippen LogP contribution is -2.04. The van der Waals surface area contributed by atoms with Gasteiger partial charge in [-0.05, 0) is 29.8 Å². The quantitative estimate of drug-likeness (QED) is 0.407. The molecule has 0 saturated heterocycles. The number of ether oxygens (including phenoxy) is 3. The van der Waals surface area contributed by atoms with Crippen molar-refractivity contribution in [1.29, 1.82) is 0 Å². The Morgan fingerprint density at radius 2 is 1.48 bits per heavy atom. The maximum Gasteiger partial charge on any atom is 0.203 e. The van der Waals surface area contributed by atoms with Crippen LogP contribution in [0.5, 0.6) is 17.2 Å². The molecule has 0 spiro atoms. The summed E-state index contributed by atoms with van der Waals surface area (Å²) >= 11 is 0. The molecule has 4 rings (SSSR count). The number of ketones is 1. The van der Waals surface area contributed by atoms with Gasteiger partial charge in [-0.1, -0.05) is 30.3 Å².